The first-order chi connectivity index (χ1) is 13.9. The van der Waals surface area contributed by atoms with Crippen molar-refractivity contribution in [1.82, 2.24) is 25.4 Å². The number of aromatic nitrogens is 3. The molecule has 2 heterocycles. The summed E-state index contributed by atoms with van der Waals surface area (Å²) < 4.78 is 13.1. The maximum Gasteiger partial charge on any atom is 0.251 e. The molecule has 2 aromatic rings. The third-order valence-electron chi connectivity index (χ3n) is 5.38. The van der Waals surface area contributed by atoms with Gasteiger partial charge in [0.2, 0.25) is 5.91 Å². The van der Waals surface area contributed by atoms with Crippen LogP contribution in [0.2, 0.25) is 0 Å². The third kappa shape index (κ3) is 4.99. The van der Waals surface area contributed by atoms with Crippen LogP contribution >= 0.6 is 0 Å². The Morgan fingerprint density at radius 1 is 1.24 bits per heavy atom. The van der Waals surface area contributed by atoms with Gasteiger partial charge in [0.25, 0.3) is 5.91 Å². The van der Waals surface area contributed by atoms with Gasteiger partial charge in [-0.2, -0.15) is 5.10 Å². The number of aryl methyl sites for hydroxylation is 1. The number of benzene rings is 1. The highest BCUT2D eigenvalue weighted by molar-refractivity contribution is 5.97. The van der Waals surface area contributed by atoms with Crippen LogP contribution < -0.4 is 5.32 Å². The molecule has 2 N–H and O–H groups in total. The average Bonchev–Trinajstić information content (AvgIpc) is 3.21. The summed E-state index contributed by atoms with van der Waals surface area (Å²) in [6, 6.07) is 4.68. The summed E-state index contributed by atoms with van der Waals surface area (Å²) in [5.74, 6) is 1.00. The number of piperidine rings is 1. The number of H-pyrrole nitrogens is 1. The monoisotopic (exact) mass is 401 g/mol. The lowest BCUT2D eigenvalue weighted by Gasteiger charge is -2.34. The lowest BCUT2D eigenvalue weighted by atomic mass is 9.94. The molecule has 3 rings (SSSR count). The predicted octanol–water partition coefficient (Wildman–Crippen LogP) is 2.67. The van der Waals surface area contributed by atoms with Gasteiger partial charge in [-0.1, -0.05) is 20.8 Å². The van der Waals surface area contributed by atoms with Crippen LogP contribution in [0.3, 0.4) is 0 Å². The minimum Gasteiger partial charge on any atom is -0.341 e. The summed E-state index contributed by atoms with van der Waals surface area (Å²) in [6.45, 7) is 7.04. The average molecular weight is 401 g/mol. The maximum atomic E-state index is 13.1. The largest absolute Gasteiger partial charge is 0.341 e. The summed E-state index contributed by atoms with van der Waals surface area (Å²) in [7, 11) is 0. The first-order valence-electron chi connectivity index (χ1n) is 10.2. The smallest absolute Gasteiger partial charge is 0.251 e. The molecule has 0 radical (unpaired) electrons. The second kappa shape index (κ2) is 9.15. The van der Waals surface area contributed by atoms with Crippen LogP contribution in [0, 0.1) is 11.7 Å². The minimum absolute atomic E-state index is 0.0651. The number of nitrogens with zero attached hydrogens (tertiary/aromatic N) is 3. The lowest BCUT2D eigenvalue weighted by Crippen LogP contribution is -2.52. The zero-order chi connectivity index (χ0) is 21.0. The van der Waals surface area contributed by atoms with E-state index >= 15 is 0 Å². The molecule has 0 saturated carbocycles. The van der Waals surface area contributed by atoms with Crippen molar-refractivity contribution in [2.24, 2.45) is 5.92 Å². The van der Waals surface area contributed by atoms with Gasteiger partial charge in [0.05, 0.1) is 0 Å². The number of nitrogens with one attached hydrogen (secondary N) is 2. The van der Waals surface area contributed by atoms with Crippen molar-refractivity contribution in [2.75, 3.05) is 13.1 Å². The zero-order valence-corrected chi connectivity index (χ0v) is 17.1. The minimum atomic E-state index is -0.626. The number of rotatable bonds is 6. The number of hydrogen-bond donors (Lipinski definition) is 2. The van der Waals surface area contributed by atoms with E-state index in [2.05, 4.69) is 20.5 Å². The Labute approximate surface area is 170 Å². The number of amides is 2. The predicted molar refractivity (Wildman–Crippen MR) is 107 cm³/mol. The van der Waals surface area contributed by atoms with Crippen molar-refractivity contribution in [3.63, 3.8) is 0 Å². The molecule has 1 aromatic carbocycles. The Morgan fingerprint density at radius 3 is 2.45 bits per heavy atom. The molecule has 1 aliphatic rings. The Kier molecular flexibility index (Phi) is 6.61. The molecular weight excluding hydrogens is 373 g/mol. The molecule has 1 atom stereocenters. The second-order valence-corrected chi connectivity index (χ2v) is 7.80. The SMILES string of the molecule is CCc1nc(C2CCN(C(=O)[C@@H](NC(=O)c3ccc(F)cc3)C(C)C)CC2)n[nH]1. The lowest BCUT2D eigenvalue weighted by molar-refractivity contribution is -0.135. The number of carbonyl (C=O) groups is 2. The molecule has 2 amide bonds. The molecule has 156 valence electrons. The van der Waals surface area contributed by atoms with Crippen LogP contribution in [0.5, 0.6) is 0 Å². The van der Waals surface area contributed by atoms with Crippen LogP contribution in [0.1, 0.15) is 61.5 Å². The normalized spacial score (nSPS) is 16.1. The van der Waals surface area contributed by atoms with E-state index in [-0.39, 0.29) is 23.7 Å². The van der Waals surface area contributed by atoms with Gasteiger partial charge in [-0.3, -0.25) is 14.7 Å². The van der Waals surface area contributed by atoms with Gasteiger partial charge < -0.3 is 10.2 Å². The fourth-order valence-electron chi connectivity index (χ4n) is 3.54. The summed E-state index contributed by atoms with van der Waals surface area (Å²) in [4.78, 5) is 31.9. The Bertz CT molecular complexity index is 841. The quantitative estimate of drug-likeness (QED) is 0.779. The first kappa shape index (κ1) is 21.0. The van der Waals surface area contributed by atoms with Gasteiger partial charge in [-0.05, 0) is 43.0 Å². The van der Waals surface area contributed by atoms with Crippen molar-refractivity contribution < 1.29 is 14.0 Å². The van der Waals surface area contributed by atoms with Gasteiger partial charge in [0.15, 0.2) is 5.82 Å². The summed E-state index contributed by atoms with van der Waals surface area (Å²) in [5.41, 5.74) is 0.333. The molecule has 7 nitrogen and oxygen atoms in total. The van der Waals surface area contributed by atoms with Crippen molar-refractivity contribution in [3.05, 3.63) is 47.3 Å². The van der Waals surface area contributed by atoms with Gasteiger partial charge in [-0.25, -0.2) is 9.37 Å². The molecule has 8 heteroatoms. The van der Waals surface area contributed by atoms with E-state index in [1.165, 1.54) is 24.3 Å². The van der Waals surface area contributed by atoms with Gasteiger partial charge in [-0.15, -0.1) is 0 Å². The van der Waals surface area contributed by atoms with Crippen LogP contribution in [0.25, 0.3) is 0 Å². The summed E-state index contributed by atoms with van der Waals surface area (Å²) in [6.07, 6.45) is 2.40. The van der Waals surface area contributed by atoms with E-state index in [1.807, 2.05) is 20.8 Å². The van der Waals surface area contributed by atoms with Crippen molar-refractivity contribution in [1.29, 1.82) is 0 Å². The molecule has 0 unspecified atom stereocenters. The van der Waals surface area contributed by atoms with E-state index in [1.54, 1.807) is 4.90 Å². The number of hydrogen-bond acceptors (Lipinski definition) is 4. The molecule has 0 bridgehead atoms. The molecule has 1 saturated heterocycles. The topological polar surface area (TPSA) is 91.0 Å². The highest BCUT2D eigenvalue weighted by Crippen LogP contribution is 2.26. The molecule has 0 spiro atoms. The molecule has 29 heavy (non-hydrogen) atoms. The molecule has 1 aromatic heterocycles. The Hall–Kier alpha value is -2.77. The van der Waals surface area contributed by atoms with Gasteiger partial charge in [0.1, 0.15) is 17.7 Å². The number of likely N-dealkylation sites (tertiary alicyclic amines) is 1. The summed E-state index contributed by atoms with van der Waals surface area (Å²) in [5, 5.41) is 10.1. The Balaban J connectivity index is 1.61. The zero-order valence-electron chi connectivity index (χ0n) is 17.1. The van der Waals surface area contributed by atoms with Crippen LogP contribution in [-0.4, -0.2) is 51.0 Å². The van der Waals surface area contributed by atoms with E-state index in [9.17, 15) is 14.0 Å². The molecule has 1 aliphatic heterocycles. The van der Waals surface area contributed by atoms with Crippen molar-refractivity contribution in [2.45, 2.75) is 52.0 Å². The fraction of sp³-hybridized carbons (Fsp3) is 0.524. The van der Waals surface area contributed by atoms with E-state index < -0.39 is 11.9 Å². The second-order valence-electron chi connectivity index (χ2n) is 7.80. The Morgan fingerprint density at radius 2 is 1.90 bits per heavy atom. The van der Waals surface area contributed by atoms with Crippen LogP contribution in [0.15, 0.2) is 24.3 Å². The highest BCUT2D eigenvalue weighted by Gasteiger charge is 2.32. The van der Waals surface area contributed by atoms with E-state index in [0.29, 0.717) is 18.7 Å². The number of halogens is 1. The van der Waals surface area contributed by atoms with Gasteiger partial charge >= 0.3 is 0 Å². The number of carbonyl (C=O) groups excluding carboxylic acids is 2. The molecule has 0 aliphatic carbocycles. The highest BCUT2D eigenvalue weighted by atomic mass is 19.1. The van der Waals surface area contributed by atoms with Crippen molar-refractivity contribution in [3.8, 4) is 0 Å². The third-order valence-corrected chi connectivity index (χ3v) is 5.38. The van der Waals surface area contributed by atoms with E-state index in [0.717, 1.165) is 30.9 Å². The van der Waals surface area contributed by atoms with Crippen LogP contribution in [0.4, 0.5) is 4.39 Å². The molecule has 1 fully saturated rings. The van der Waals surface area contributed by atoms with Crippen molar-refractivity contribution >= 4 is 11.8 Å². The van der Waals surface area contributed by atoms with Gasteiger partial charge in [0, 0.05) is 31.0 Å². The standard InChI is InChI=1S/C21H28FN5O2/c1-4-17-23-19(26-25-17)14-9-11-27(12-10-14)21(29)18(13(2)3)24-20(28)15-5-7-16(22)8-6-15/h5-8,13-14,18H,4,9-12H2,1-3H3,(H,24,28)(H,23,25,26)/t18-/m0/s1. The maximum absolute atomic E-state index is 13.1. The number of aromatic amines is 1. The summed E-state index contributed by atoms with van der Waals surface area (Å²) >= 11 is 0. The van der Waals surface area contributed by atoms with E-state index in [4.69, 9.17) is 0 Å². The first-order valence-corrected chi connectivity index (χ1v) is 10.2. The fourth-order valence-corrected chi connectivity index (χ4v) is 3.54. The molecular formula is C21H28FN5O2. The van der Waals surface area contributed by atoms with Crippen LogP contribution in [-0.2, 0) is 11.2 Å².